The minimum atomic E-state index is -5.94. The number of nitrogens with two attached hydrogens (primary N) is 6. The molecule has 0 aliphatic carbocycles. The number of hydrogen-bond donors (Lipinski definition) is 18. The fraction of sp³-hybridized carbons (Fsp3) is 0.633. The molecule has 0 aromatic carbocycles. The number of fused-ring (bicyclic) bond motifs is 12. The Bertz CT molecular complexity index is 5640. The standard InChI is InChI=1S/C60H80N30O36P6/c61-43-25-49(73-7-67-43)85(13-79-25)55-31(91)37-19(115-55)1-109-127(97,98)122-38-20(116-56(32(38)92)86-14-80-26-44(62)68-8-74-50(26)86)2-111-129(101,102)124-40-22(118-58(34(40)94)88-16-82-28-46(64)70-10-76-52(28)88)4-113-131(105,106)126-42-24(120-60(36(42)96)90-18-84-30-48(66)72-12-78-54(30)90)6-114-132(107,108)125-41-23(119-59(35(41)95)89-17-83-29-47(65)71-11-77-53(29)89)5-112-130(103,104)123-39-21(3-110-128(99,100)121-37)117-57(33(39)93)87-15-81-27-45(63)69-9-75-51(27)87/h7-28,31-42,49-52,55-60,91-96H,1-6H2,(H,97,98)(H,99,100)(H,101,102)(H,103,104)(H,105,106)(H,107,108)(H2,61,67,73)(H2,62,68,74)(H2,63,69,75)(H2,64,70,76)(H2,65,71,77)(H2,66,72,78)/t19-,20-,21-,22-,23-,24-,25?,26?,27?,28?,31-,32-,33-,34-,35-,36?,37-,38-,39-,40-,41-,42?,49?,50?,51?,52?,55-,56-,57-,58-,59-,60-/m1/s1. The average molecular weight is 1980 g/mol. The molecule has 15 aliphatic heterocycles. The number of aliphatic hydroxyl groups excluding tert-OH is 6. The summed E-state index contributed by atoms with van der Waals surface area (Å²) in [5.41, 5.74) is 36.3. The van der Waals surface area contributed by atoms with Crippen LogP contribution in [0.2, 0.25) is 0 Å². The Balaban J connectivity index is 0.658. The van der Waals surface area contributed by atoms with Gasteiger partial charge >= 0.3 is 46.9 Å². The molecule has 66 nitrogen and oxygen atoms in total. The molecule has 19 heterocycles. The molecular weight excluding hydrogens is 1900 g/mol. The summed E-state index contributed by atoms with van der Waals surface area (Å²) in [5.74, 6) is -0.693. The van der Waals surface area contributed by atoms with E-state index in [9.17, 15) is 87.4 Å². The lowest BCUT2D eigenvalue weighted by molar-refractivity contribution is -0.0826. The molecule has 0 bridgehead atoms. The van der Waals surface area contributed by atoms with Crippen LogP contribution in [0.1, 0.15) is 12.5 Å². The predicted octanol–water partition coefficient (Wildman–Crippen LogP) is -9.53. The first-order chi connectivity index (χ1) is 62.8. The van der Waals surface area contributed by atoms with Crippen LogP contribution in [-0.2, 0) is 110 Å². The lowest BCUT2D eigenvalue weighted by atomic mass is 10.1. The molecule has 38 atom stereocenters. The van der Waals surface area contributed by atoms with Gasteiger partial charge in [0.25, 0.3) is 0 Å². The number of ether oxygens (including phenoxy) is 6. The van der Waals surface area contributed by atoms with Crippen LogP contribution < -0.4 is 34.4 Å². The van der Waals surface area contributed by atoms with E-state index in [-0.39, 0.29) is 57.3 Å². The molecule has 24 N–H and O–H groups in total. The van der Waals surface area contributed by atoms with Crippen molar-refractivity contribution in [1.29, 1.82) is 0 Å². The molecule has 0 amide bonds. The maximum absolute atomic E-state index is 14.8. The molecule has 19 rings (SSSR count). The summed E-state index contributed by atoms with van der Waals surface area (Å²) in [6, 6.07) is -4.12. The van der Waals surface area contributed by atoms with Gasteiger partial charge in [0.2, 0.25) is 0 Å². The Hall–Kier alpha value is -8.68. The van der Waals surface area contributed by atoms with Crippen LogP contribution in [0.4, 0.5) is 11.6 Å². The summed E-state index contributed by atoms with van der Waals surface area (Å²) in [6.45, 7) is -8.06. The molecule has 72 heteroatoms. The smallest absolute Gasteiger partial charge is 0.386 e. The van der Waals surface area contributed by atoms with Crippen molar-refractivity contribution in [3.05, 3.63) is 25.3 Å². The monoisotopic (exact) mass is 1980 g/mol. The zero-order valence-electron chi connectivity index (χ0n) is 66.7. The van der Waals surface area contributed by atoms with Gasteiger partial charge in [-0.25, -0.2) is 97.2 Å². The zero-order valence-corrected chi connectivity index (χ0v) is 72.1. The van der Waals surface area contributed by atoms with Crippen LogP contribution in [0.3, 0.4) is 0 Å². The SMILES string of the molecule is NC1=NC=NC2C1N=CN2[C@@H]1O[C@@H]2COP(=O)(O)OC3C(O)[C@H](n4cnc5c(N)ncnc54)O[C@@H]3COP(=O)(O)O[C@H]3[C@@H](O)[C@H](n4cnc5c(N)ncnc54)O[C@@H]3COP(=O)(O)O[C@H]3[C@@H](O)[C@H](N4C=NC5C(N)=NC=NC54)O[C@@H]3COP(=O)(O)O[C@H]3[C@@H](O)[C@H](N4C=NC5C(N)=NC=NC54)O[C@@H]3COP(=O)(O)O[C@H]3[C@@H](O)[C@H](N4C=NC5C(N)=NC=NC54)O[C@@H]3COP(=O)(O)O[C@H]2[C@H]1O. The summed E-state index contributed by atoms with van der Waals surface area (Å²) in [6.07, 6.45) is -42.4. The fourth-order valence-electron chi connectivity index (χ4n) is 16.8. The maximum Gasteiger partial charge on any atom is 0.472 e. The molecule has 7 fully saturated rings. The first-order valence-corrected chi connectivity index (χ1v) is 48.2. The Labute approximate surface area is 736 Å². The van der Waals surface area contributed by atoms with Crippen molar-refractivity contribution in [1.82, 2.24) is 58.6 Å². The minimum absolute atomic E-state index is 0.0748. The third-order valence-corrected chi connectivity index (χ3v) is 28.9. The fourth-order valence-corrected chi connectivity index (χ4v) is 22.6. The predicted molar refractivity (Wildman–Crippen MR) is 434 cm³/mol. The second-order valence-electron chi connectivity index (χ2n) is 31.1. The van der Waals surface area contributed by atoms with Gasteiger partial charge in [0.1, 0.15) is 206 Å². The summed E-state index contributed by atoms with van der Waals surface area (Å²) in [5, 5.41) is 73.8. The van der Waals surface area contributed by atoms with E-state index in [2.05, 4.69) is 89.8 Å². The lowest BCUT2D eigenvalue weighted by Crippen LogP contribution is -2.51. The van der Waals surface area contributed by atoms with Gasteiger partial charge in [0.05, 0.1) is 77.7 Å². The van der Waals surface area contributed by atoms with Gasteiger partial charge in [-0.05, 0) is 0 Å². The normalized spacial score (nSPS) is 46.0. The number of aromatic nitrogens is 8. The Morgan fingerprint density at radius 2 is 0.508 bits per heavy atom. The Kier molecular flexibility index (Phi) is 24.8. The topological polar surface area (TPSA) is 916 Å². The largest absolute Gasteiger partial charge is 0.472 e. The van der Waals surface area contributed by atoms with E-state index >= 15 is 0 Å². The molecule has 716 valence electrons. The van der Waals surface area contributed by atoms with Gasteiger partial charge in [-0.1, -0.05) is 0 Å². The first-order valence-electron chi connectivity index (χ1n) is 39.2. The molecule has 4 aromatic heterocycles. The highest BCUT2D eigenvalue weighted by Crippen LogP contribution is 2.58. The van der Waals surface area contributed by atoms with Crippen molar-refractivity contribution < 1.29 is 170 Å². The highest BCUT2D eigenvalue weighted by Gasteiger charge is 2.62. The second kappa shape index (κ2) is 35.5. The van der Waals surface area contributed by atoms with Crippen molar-refractivity contribution in [2.24, 2.45) is 82.8 Å². The van der Waals surface area contributed by atoms with Gasteiger partial charge < -0.3 is 142 Å². The summed E-state index contributed by atoms with van der Waals surface area (Å²) in [4.78, 5) is 150. The third-order valence-electron chi connectivity index (χ3n) is 23.0. The van der Waals surface area contributed by atoms with E-state index in [0.29, 0.717) is 0 Å². The van der Waals surface area contributed by atoms with E-state index in [1.54, 1.807) is 0 Å². The average Bonchev–Trinajstić information content (AvgIpc) is 1.62. The molecule has 0 saturated carbocycles. The van der Waals surface area contributed by atoms with E-state index in [1.165, 1.54) is 0 Å². The quantitative estimate of drug-likeness (QED) is 0.0797. The molecule has 0 radical (unpaired) electrons. The van der Waals surface area contributed by atoms with E-state index < -0.39 is 283 Å². The third kappa shape index (κ3) is 17.7. The number of amidine groups is 4. The van der Waals surface area contributed by atoms with Crippen LogP contribution in [0.25, 0.3) is 22.3 Å². The van der Waals surface area contributed by atoms with Crippen molar-refractivity contribution in [3.8, 4) is 0 Å². The summed E-state index contributed by atoms with van der Waals surface area (Å²) >= 11 is 0. The molecular formula is C60H80N30O36P6. The van der Waals surface area contributed by atoms with E-state index in [0.717, 1.165) is 105 Å². The number of rotatable bonds is 6. The highest BCUT2D eigenvalue weighted by atomic mass is 31.2. The van der Waals surface area contributed by atoms with Crippen LogP contribution in [-0.4, -0.2) is 416 Å². The van der Waals surface area contributed by atoms with Crippen molar-refractivity contribution in [2.45, 2.75) is 196 Å². The van der Waals surface area contributed by atoms with E-state index in [4.69, 9.17) is 117 Å². The Morgan fingerprint density at radius 1 is 0.295 bits per heavy atom. The number of nitrogens with zero attached hydrogens (tertiary/aromatic N) is 24. The number of hydrogen-bond acceptors (Lipinski definition) is 58. The van der Waals surface area contributed by atoms with Gasteiger partial charge in [-0.15, -0.1) is 0 Å². The summed E-state index contributed by atoms with van der Waals surface area (Å²) < 4.78 is 194. The molecule has 0 spiro atoms. The maximum atomic E-state index is 14.8. The molecule has 132 heavy (non-hydrogen) atoms. The van der Waals surface area contributed by atoms with Gasteiger partial charge in [-0.3, -0.25) is 83.4 Å². The molecule has 16 unspecified atom stereocenters. The van der Waals surface area contributed by atoms with Crippen molar-refractivity contribution >= 4 is 155 Å². The number of nitrogen functional groups attached to an aromatic ring is 2. The van der Waals surface area contributed by atoms with Gasteiger partial charge in [0.15, 0.2) is 85.0 Å². The minimum Gasteiger partial charge on any atom is -0.386 e. The van der Waals surface area contributed by atoms with Crippen molar-refractivity contribution in [2.75, 3.05) is 51.1 Å². The highest BCUT2D eigenvalue weighted by molar-refractivity contribution is 7.48. The number of phosphoric ester groups is 6. The molecule has 7 saturated heterocycles. The van der Waals surface area contributed by atoms with Crippen LogP contribution in [0.5, 0.6) is 0 Å². The number of imidazole rings is 2. The van der Waals surface area contributed by atoms with Crippen molar-refractivity contribution in [3.63, 3.8) is 0 Å². The molecule has 4 aromatic rings. The molecule has 15 aliphatic rings. The van der Waals surface area contributed by atoms with Gasteiger partial charge in [-0.2, -0.15) is 0 Å². The second-order valence-corrected chi connectivity index (χ2v) is 39.5. The summed E-state index contributed by atoms with van der Waals surface area (Å²) in [7, 11) is -35.6. The number of aliphatic hydroxyl groups is 6. The number of anilines is 2. The van der Waals surface area contributed by atoms with E-state index in [1.807, 2.05) is 0 Å². The van der Waals surface area contributed by atoms with Crippen LogP contribution in [0, 0.1) is 0 Å². The Morgan fingerprint density at radius 3 is 0.735 bits per heavy atom. The number of phosphoric acid groups is 6. The van der Waals surface area contributed by atoms with Gasteiger partial charge in [0, 0.05) is 0 Å². The zero-order chi connectivity index (χ0) is 92.9. The first kappa shape index (κ1) is 92.4. The lowest BCUT2D eigenvalue weighted by Gasteiger charge is -2.32. The van der Waals surface area contributed by atoms with Crippen LogP contribution >= 0.6 is 46.9 Å². The number of aliphatic imine (C=N–C) groups is 12. The van der Waals surface area contributed by atoms with Crippen LogP contribution in [0.15, 0.2) is 85.2 Å².